The molecule has 0 fully saturated rings. The summed E-state index contributed by atoms with van der Waals surface area (Å²) in [4.78, 5) is 10.1. The van der Waals surface area contributed by atoms with E-state index in [0.29, 0.717) is 17.8 Å². The summed E-state index contributed by atoms with van der Waals surface area (Å²) >= 11 is 0. The third-order valence-corrected chi connectivity index (χ3v) is 4.32. The lowest BCUT2D eigenvalue weighted by atomic mass is 9.77. The number of hydrogen-bond acceptors (Lipinski definition) is 2. The van der Waals surface area contributed by atoms with Gasteiger partial charge in [-0.25, -0.2) is 4.79 Å². The predicted molar refractivity (Wildman–Crippen MR) is 62.5 cm³/mol. The van der Waals surface area contributed by atoms with Crippen LogP contribution < -0.4 is 0 Å². The third-order valence-electron chi connectivity index (χ3n) is 2.84. The summed E-state index contributed by atoms with van der Waals surface area (Å²) in [5, 5.41) is 0.166. The molecule has 0 aliphatic heterocycles. The van der Waals surface area contributed by atoms with Crippen molar-refractivity contribution in [2.75, 3.05) is 0 Å². The van der Waals surface area contributed by atoms with Crippen molar-refractivity contribution in [3.63, 3.8) is 0 Å². The quantitative estimate of drug-likeness (QED) is 0.635. The molecule has 0 unspecified atom stereocenters. The Morgan fingerprint density at radius 3 is 1.86 bits per heavy atom. The van der Waals surface area contributed by atoms with Gasteiger partial charge in [-0.15, -0.1) is 0 Å². The van der Waals surface area contributed by atoms with Crippen molar-refractivity contribution >= 4 is 16.2 Å². The maximum atomic E-state index is 10.1. The van der Waals surface area contributed by atoms with Gasteiger partial charge in [0, 0.05) is 0 Å². The summed E-state index contributed by atoms with van der Waals surface area (Å²) in [6.07, 6.45) is 0. The molecule has 0 saturated heterocycles. The lowest BCUT2D eigenvalue weighted by Gasteiger charge is -2.38. The monoisotopic (exact) mass is 215 g/mol. The van der Waals surface area contributed by atoms with Crippen molar-refractivity contribution in [3.05, 3.63) is 0 Å². The van der Waals surface area contributed by atoms with Crippen LogP contribution in [0.4, 0.5) is 0 Å². The minimum absolute atomic E-state index is 0.166. The lowest BCUT2D eigenvalue weighted by Crippen LogP contribution is -2.32. The molecule has 0 aromatic heterocycles. The first-order valence-corrected chi connectivity index (χ1v) is 6.60. The van der Waals surface area contributed by atoms with E-state index < -0.39 is 9.76 Å². The molecule has 0 aromatic carbocycles. The highest BCUT2D eigenvalue weighted by Crippen LogP contribution is 2.42. The van der Waals surface area contributed by atoms with E-state index in [4.69, 9.17) is 4.43 Å². The van der Waals surface area contributed by atoms with E-state index in [2.05, 4.69) is 41.5 Å². The molecule has 0 aliphatic carbocycles. The molecule has 0 bridgehead atoms. The number of carbonyl (C=O) groups excluding carboxylic acids is 1. The summed E-state index contributed by atoms with van der Waals surface area (Å²) in [5.74, 6) is 1.88. The second-order valence-electron chi connectivity index (χ2n) is 5.37. The summed E-state index contributed by atoms with van der Waals surface area (Å²) in [6, 6.07) is 0. The van der Waals surface area contributed by atoms with Crippen LogP contribution in [0.1, 0.15) is 41.5 Å². The topological polar surface area (TPSA) is 26.3 Å². The van der Waals surface area contributed by atoms with Gasteiger partial charge in [0.05, 0.1) is 0 Å². The van der Waals surface area contributed by atoms with Gasteiger partial charge in [0.15, 0.2) is 0 Å². The SMILES string of the molecule is CC(C)C(C(C)C)C(C)(C)[SiH2]O[C]=O. The molecule has 0 spiro atoms. The first kappa shape index (κ1) is 13.7. The maximum Gasteiger partial charge on any atom is 0.402 e. The van der Waals surface area contributed by atoms with Crippen LogP contribution in [-0.2, 0) is 9.22 Å². The Morgan fingerprint density at radius 1 is 1.14 bits per heavy atom. The van der Waals surface area contributed by atoms with E-state index in [-0.39, 0.29) is 5.04 Å². The molecule has 0 N–H and O–H groups in total. The zero-order valence-electron chi connectivity index (χ0n) is 10.3. The van der Waals surface area contributed by atoms with Crippen LogP contribution >= 0.6 is 0 Å². The average molecular weight is 215 g/mol. The number of rotatable bonds is 6. The Labute approximate surface area is 90.4 Å². The van der Waals surface area contributed by atoms with Gasteiger partial charge in [-0.1, -0.05) is 41.5 Å². The summed E-state index contributed by atoms with van der Waals surface area (Å²) in [6.45, 7) is 15.0. The van der Waals surface area contributed by atoms with Crippen LogP contribution in [0.3, 0.4) is 0 Å². The van der Waals surface area contributed by atoms with E-state index >= 15 is 0 Å². The Kier molecular flexibility index (Phi) is 5.42. The molecular weight excluding hydrogens is 192 g/mol. The molecule has 0 heterocycles. The molecule has 2 nitrogen and oxygen atoms in total. The third kappa shape index (κ3) is 3.82. The van der Waals surface area contributed by atoms with Crippen molar-refractivity contribution in [3.8, 4) is 0 Å². The largest absolute Gasteiger partial charge is 0.516 e. The van der Waals surface area contributed by atoms with Gasteiger partial charge in [-0.05, 0) is 22.8 Å². The van der Waals surface area contributed by atoms with E-state index in [0.717, 1.165) is 0 Å². The van der Waals surface area contributed by atoms with E-state index in [9.17, 15) is 4.79 Å². The van der Waals surface area contributed by atoms with Gasteiger partial charge in [-0.3, -0.25) is 0 Å². The van der Waals surface area contributed by atoms with Gasteiger partial charge < -0.3 is 4.43 Å². The number of hydrogen-bond donors (Lipinski definition) is 0. The highest BCUT2D eigenvalue weighted by Gasteiger charge is 2.35. The van der Waals surface area contributed by atoms with Gasteiger partial charge in [-0.2, -0.15) is 0 Å². The second-order valence-corrected chi connectivity index (χ2v) is 7.77. The Morgan fingerprint density at radius 2 is 1.57 bits per heavy atom. The van der Waals surface area contributed by atoms with Crippen LogP contribution in [0.5, 0.6) is 0 Å². The van der Waals surface area contributed by atoms with Crippen molar-refractivity contribution in [1.82, 2.24) is 0 Å². The van der Waals surface area contributed by atoms with E-state index in [1.807, 2.05) is 0 Å². The molecule has 0 amide bonds. The van der Waals surface area contributed by atoms with Gasteiger partial charge in [0.1, 0.15) is 0 Å². The smallest absolute Gasteiger partial charge is 0.402 e. The zero-order chi connectivity index (χ0) is 11.4. The minimum atomic E-state index is -0.817. The molecule has 3 heteroatoms. The van der Waals surface area contributed by atoms with Crippen LogP contribution in [0.15, 0.2) is 0 Å². The normalized spacial score (nSPS) is 13.5. The standard InChI is InChI=1S/C11H23O2Si/c1-8(2)10(9(3)4)11(5,6)14-13-7-12/h8-10H,14H2,1-6H3. The lowest BCUT2D eigenvalue weighted by molar-refractivity contribution is 0.213. The van der Waals surface area contributed by atoms with Crippen molar-refractivity contribution in [2.24, 2.45) is 17.8 Å². The molecule has 0 aliphatic rings. The molecule has 14 heavy (non-hydrogen) atoms. The fourth-order valence-corrected chi connectivity index (χ4v) is 4.45. The van der Waals surface area contributed by atoms with E-state index in [1.54, 1.807) is 6.47 Å². The molecule has 0 aromatic rings. The van der Waals surface area contributed by atoms with Crippen LogP contribution in [-0.4, -0.2) is 16.2 Å². The molecule has 0 saturated carbocycles. The first-order valence-electron chi connectivity index (χ1n) is 5.32. The first-order chi connectivity index (χ1) is 6.33. The summed E-state index contributed by atoms with van der Waals surface area (Å²) in [7, 11) is -0.817. The second kappa shape index (κ2) is 5.54. The van der Waals surface area contributed by atoms with Crippen LogP contribution in [0, 0.1) is 17.8 Å². The van der Waals surface area contributed by atoms with Crippen molar-refractivity contribution in [2.45, 2.75) is 46.6 Å². The average Bonchev–Trinajstić information content (AvgIpc) is 1.98. The van der Waals surface area contributed by atoms with Gasteiger partial charge in [0.2, 0.25) is 9.76 Å². The summed E-state index contributed by atoms with van der Waals surface area (Å²) < 4.78 is 4.91. The van der Waals surface area contributed by atoms with Crippen LogP contribution in [0.25, 0.3) is 0 Å². The van der Waals surface area contributed by atoms with Crippen LogP contribution in [0.2, 0.25) is 5.04 Å². The fourth-order valence-electron chi connectivity index (χ4n) is 2.89. The molecule has 0 atom stereocenters. The van der Waals surface area contributed by atoms with Crippen molar-refractivity contribution < 1.29 is 9.22 Å². The van der Waals surface area contributed by atoms with Gasteiger partial charge in [0.25, 0.3) is 0 Å². The highest BCUT2D eigenvalue weighted by atomic mass is 28.2. The molecule has 1 radical (unpaired) electrons. The predicted octanol–water partition coefficient (Wildman–Crippen LogP) is 2.28. The Bertz CT molecular complexity index is 168. The Balaban J connectivity index is 4.53. The Hall–Kier alpha value is -0.313. The van der Waals surface area contributed by atoms with Crippen molar-refractivity contribution in [1.29, 1.82) is 0 Å². The minimum Gasteiger partial charge on any atom is -0.516 e. The molecular formula is C11H23O2Si. The summed E-state index contributed by atoms with van der Waals surface area (Å²) in [5.41, 5.74) is 0. The maximum absolute atomic E-state index is 10.1. The molecule has 83 valence electrons. The van der Waals surface area contributed by atoms with Gasteiger partial charge >= 0.3 is 6.47 Å². The van der Waals surface area contributed by atoms with E-state index in [1.165, 1.54) is 0 Å². The highest BCUT2D eigenvalue weighted by molar-refractivity contribution is 6.34. The molecule has 0 rings (SSSR count). The zero-order valence-corrected chi connectivity index (χ0v) is 11.7. The fraction of sp³-hybridized carbons (Fsp3) is 0.909.